The van der Waals surface area contributed by atoms with E-state index in [9.17, 15) is 4.91 Å². The van der Waals surface area contributed by atoms with Crippen molar-refractivity contribution in [3.63, 3.8) is 0 Å². The molecule has 0 bridgehead atoms. The fraction of sp³-hybridized carbons (Fsp3) is 1.00. The van der Waals surface area contributed by atoms with E-state index in [-0.39, 0.29) is 6.17 Å². The molecule has 1 aliphatic rings. The fourth-order valence-corrected chi connectivity index (χ4v) is 3.33. The monoisotopic (exact) mass is 296 g/mol. The Bertz CT molecular complexity index is 245. The Labute approximate surface area is 131 Å². The minimum absolute atomic E-state index is 0.0361. The van der Waals surface area contributed by atoms with Crippen molar-refractivity contribution in [2.24, 2.45) is 5.18 Å². The van der Waals surface area contributed by atoms with Gasteiger partial charge >= 0.3 is 0 Å². The Hall–Kier alpha value is -0.440. The van der Waals surface area contributed by atoms with E-state index in [1.165, 1.54) is 83.5 Å². The fourth-order valence-electron chi connectivity index (χ4n) is 3.33. The highest BCUT2D eigenvalue weighted by molar-refractivity contribution is 4.73. The molecule has 1 unspecified atom stereocenters. The second-order valence-corrected chi connectivity index (χ2v) is 6.65. The molecule has 0 radical (unpaired) electrons. The Morgan fingerprint density at radius 3 is 2.10 bits per heavy atom. The lowest BCUT2D eigenvalue weighted by atomic mass is 10.1. The van der Waals surface area contributed by atoms with Crippen LogP contribution in [0.5, 0.6) is 0 Å². The molecule has 0 spiro atoms. The third-order valence-corrected chi connectivity index (χ3v) is 4.75. The molecule has 1 atom stereocenters. The summed E-state index contributed by atoms with van der Waals surface area (Å²) in [6.07, 6.45) is 18.3. The van der Waals surface area contributed by atoms with Crippen LogP contribution in [0.4, 0.5) is 0 Å². The van der Waals surface area contributed by atoms with Crippen molar-refractivity contribution >= 4 is 0 Å². The van der Waals surface area contributed by atoms with Gasteiger partial charge in [0.25, 0.3) is 0 Å². The van der Waals surface area contributed by atoms with Crippen LogP contribution in [-0.2, 0) is 0 Å². The number of rotatable bonds is 12. The topological polar surface area (TPSA) is 32.7 Å². The number of unbranched alkanes of at least 4 members (excludes halogenated alkanes) is 9. The lowest BCUT2D eigenvalue weighted by molar-refractivity contribution is 0.200. The highest BCUT2D eigenvalue weighted by atomic mass is 16.3. The van der Waals surface area contributed by atoms with E-state index in [4.69, 9.17) is 0 Å². The number of nitrogens with zero attached hydrogens (tertiary/aromatic N) is 2. The molecule has 0 aromatic carbocycles. The van der Waals surface area contributed by atoms with Gasteiger partial charge in [-0.1, -0.05) is 76.3 Å². The zero-order valence-corrected chi connectivity index (χ0v) is 14.2. The van der Waals surface area contributed by atoms with Crippen molar-refractivity contribution in [1.29, 1.82) is 0 Å². The van der Waals surface area contributed by atoms with Crippen LogP contribution in [0.1, 0.15) is 96.8 Å². The largest absolute Gasteiger partial charge is 0.279 e. The molecule has 1 rings (SSSR count). The summed E-state index contributed by atoms with van der Waals surface area (Å²) in [5, 5.41) is 3.33. The van der Waals surface area contributed by atoms with Crippen molar-refractivity contribution in [1.82, 2.24) is 4.90 Å². The smallest absolute Gasteiger partial charge is 0.144 e. The first-order valence-corrected chi connectivity index (χ1v) is 9.45. The minimum Gasteiger partial charge on any atom is -0.279 e. The van der Waals surface area contributed by atoms with Crippen LogP contribution < -0.4 is 0 Å². The summed E-state index contributed by atoms with van der Waals surface area (Å²) in [7, 11) is 0. The summed E-state index contributed by atoms with van der Waals surface area (Å²) in [4.78, 5) is 13.2. The van der Waals surface area contributed by atoms with E-state index in [2.05, 4.69) is 17.0 Å². The van der Waals surface area contributed by atoms with Gasteiger partial charge in [-0.05, 0) is 25.7 Å². The van der Waals surface area contributed by atoms with E-state index in [0.29, 0.717) is 0 Å². The quantitative estimate of drug-likeness (QED) is 0.333. The maximum atomic E-state index is 10.9. The summed E-state index contributed by atoms with van der Waals surface area (Å²) < 4.78 is 0. The summed E-state index contributed by atoms with van der Waals surface area (Å²) in [5.41, 5.74) is 0. The molecule has 1 heterocycles. The molecular formula is C18H36N2O. The van der Waals surface area contributed by atoms with Crippen LogP contribution in [0.2, 0.25) is 0 Å². The number of likely N-dealkylation sites (tertiary alicyclic amines) is 1. The molecule has 124 valence electrons. The van der Waals surface area contributed by atoms with E-state index in [1.807, 2.05) is 0 Å². The van der Waals surface area contributed by atoms with Crippen LogP contribution in [0, 0.1) is 4.91 Å². The summed E-state index contributed by atoms with van der Waals surface area (Å²) in [6.45, 7) is 4.43. The number of nitroso groups, excluding NO2 is 1. The van der Waals surface area contributed by atoms with Gasteiger partial charge in [0.15, 0.2) is 0 Å². The molecule has 1 aliphatic heterocycles. The Kier molecular flexibility index (Phi) is 11.7. The van der Waals surface area contributed by atoms with E-state index >= 15 is 0 Å². The first kappa shape index (κ1) is 18.6. The molecule has 0 aromatic rings. The highest BCUT2D eigenvalue weighted by Crippen LogP contribution is 2.18. The molecule has 1 saturated heterocycles. The first-order chi connectivity index (χ1) is 10.4. The zero-order valence-electron chi connectivity index (χ0n) is 14.2. The predicted molar refractivity (Wildman–Crippen MR) is 91.5 cm³/mol. The zero-order chi connectivity index (χ0) is 15.2. The van der Waals surface area contributed by atoms with Gasteiger partial charge in [0.1, 0.15) is 6.17 Å². The highest BCUT2D eigenvalue weighted by Gasteiger charge is 2.20. The molecular weight excluding hydrogens is 260 g/mol. The maximum absolute atomic E-state index is 10.9. The Morgan fingerprint density at radius 2 is 1.48 bits per heavy atom. The van der Waals surface area contributed by atoms with Gasteiger partial charge in [0.05, 0.1) is 0 Å². The van der Waals surface area contributed by atoms with Gasteiger partial charge in [-0.2, -0.15) is 0 Å². The summed E-state index contributed by atoms with van der Waals surface area (Å²) in [5.74, 6) is 0. The van der Waals surface area contributed by atoms with Gasteiger partial charge in [0, 0.05) is 13.1 Å². The van der Waals surface area contributed by atoms with E-state index in [0.717, 1.165) is 19.5 Å². The second-order valence-electron chi connectivity index (χ2n) is 6.65. The van der Waals surface area contributed by atoms with E-state index < -0.39 is 0 Å². The third kappa shape index (κ3) is 9.23. The molecule has 3 nitrogen and oxygen atoms in total. The van der Waals surface area contributed by atoms with Gasteiger partial charge in [0.2, 0.25) is 0 Å². The maximum Gasteiger partial charge on any atom is 0.144 e. The third-order valence-electron chi connectivity index (χ3n) is 4.75. The van der Waals surface area contributed by atoms with Crippen LogP contribution in [0.25, 0.3) is 0 Å². The number of hydrogen-bond acceptors (Lipinski definition) is 3. The van der Waals surface area contributed by atoms with Crippen molar-refractivity contribution in [3.8, 4) is 0 Å². The SMILES string of the molecule is CCCCCCCCCCCCN1CCCCCC1N=O. The van der Waals surface area contributed by atoms with Gasteiger partial charge in [-0.25, -0.2) is 0 Å². The standard InChI is InChI=1S/C18H36N2O/c1-2-3-4-5-6-7-8-9-10-13-16-20-17-14-11-12-15-18(20)19-21/h18H,2-17H2,1H3. The van der Waals surface area contributed by atoms with Gasteiger partial charge in [-0.15, -0.1) is 4.91 Å². The van der Waals surface area contributed by atoms with Crippen molar-refractivity contribution in [2.75, 3.05) is 13.1 Å². The van der Waals surface area contributed by atoms with Crippen molar-refractivity contribution < 1.29 is 0 Å². The average Bonchev–Trinajstić information content (AvgIpc) is 2.74. The summed E-state index contributed by atoms with van der Waals surface area (Å²) >= 11 is 0. The lowest BCUT2D eigenvalue weighted by Crippen LogP contribution is -2.34. The molecule has 0 N–H and O–H groups in total. The van der Waals surface area contributed by atoms with Crippen LogP contribution in [0.3, 0.4) is 0 Å². The molecule has 3 heteroatoms. The molecule has 0 amide bonds. The normalized spacial score (nSPS) is 20.3. The van der Waals surface area contributed by atoms with Crippen molar-refractivity contribution in [2.45, 2.75) is 103 Å². The van der Waals surface area contributed by atoms with Gasteiger partial charge < -0.3 is 0 Å². The molecule has 0 aliphatic carbocycles. The second kappa shape index (κ2) is 13.2. The minimum atomic E-state index is -0.0361. The lowest BCUT2D eigenvalue weighted by Gasteiger charge is -2.24. The molecule has 1 fully saturated rings. The van der Waals surface area contributed by atoms with Crippen LogP contribution in [-0.4, -0.2) is 24.2 Å². The van der Waals surface area contributed by atoms with E-state index in [1.54, 1.807) is 0 Å². The van der Waals surface area contributed by atoms with Crippen LogP contribution in [0.15, 0.2) is 5.18 Å². The van der Waals surface area contributed by atoms with Crippen molar-refractivity contribution in [3.05, 3.63) is 4.91 Å². The van der Waals surface area contributed by atoms with Crippen LogP contribution >= 0.6 is 0 Å². The summed E-state index contributed by atoms with van der Waals surface area (Å²) in [6, 6.07) is 0. The number of hydrogen-bond donors (Lipinski definition) is 0. The molecule has 21 heavy (non-hydrogen) atoms. The average molecular weight is 296 g/mol. The van der Waals surface area contributed by atoms with Gasteiger partial charge in [-0.3, -0.25) is 4.90 Å². The molecule has 0 saturated carbocycles. The Morgan fingerprint density at radius 1 is 0.857 bits per heavy atom. The molecule has 0 aromatic heterocycles. The first-order valence-electron chi connectivity index (χ1n) is 9.45. The predicted octanol–water partition coefficient (Wildman–Crippen LogP) is 5.88. The Balaban J connectivity index is 1.94.